The van der Waals surface area contributed by atoms with Gasteiger partial charge in [-0.2, -0.15) is 0 Å². The highest BCUT2D eigenvalue weighted by atomic mass is 35.5. The molecule has 0 saturated carbocycles. The van der Waals surface area contributed by atoms with Gasteiger partial charge in [-0.15, -0.1) is 0 Å². The molecule has 0 amide bonds. The van der Waals surface area contributed by atoms with Gasteiger partial charge >= 0.3 is 0 Å². The second-order valence-electron chi connectivity index (χ2n) is 4.90. The van der Waals surface area contributed by atoms with Crippen molar-refractivity contribution >= 4 is 23.0 Å². The summed E-state index contributed by atoms with van der Waals surface area (Å²) in [5, 5.41) is 0.333. The van der Waals surface area contributed by atoms with Crippen LogP contribution in [0.3, 0.4) is 0 Å². The van der Waals surface area contributed by atoms with Crippen LogP contribution in [0.2, 0.25) is 5.02 Å². The topological polar surface area (TPSA) is 42.9 Å². The number of para-hydroxylation sites is 1. The molecule has 0 spiro atoms. The molecule has 0 aromatic heterocycles. The van der Waals surface area contributed by atoms with Crippen LogP contribution in [-0.4, -0.2) is 19.0 Å². The zero-order valence-corrected chi connectivity index (χ0v) is 12.7. The molecule has 4 nitrogen and oxygen atoms in total. The highest BCUT2D eigenvalue weighted by molar-refractivity contribution is 6.33. The molecule has 21 heavy (non-hydrogen) atoms. The van der Waals surface area contributed by atoms with Crippen LogP contribution in [0, 0.1) is 6.57 Å². The van der Waals surface area contributed by atoms with Gasteiger partial charge in [-0.3, -0.25) is 0 Å². The smallest absolute Gasteiger partial charge is 0.207 e. The van der Waals surface area contributed by atoms with Gasteiger partial charge in [0.25, 0.3) is 0 Å². The fraction of sp³-hybridized carbons (Fsp3) is 0.188. The Hall–Kier alpha value is -2.22. The number of halogens is 1. The number of ether oxygens (including phenoxy) is 1. The van der Waals surface area contributed by atoms with Gasteiger partial charge in [0.2, 0.25) is 5.69 Å². The van der Waals surface area contributed by atoms with Gasteiger partial charge in [0, 0.05) is 12.1 Å². The number of nitrogen functional groups attached to an aromatic ring is 1. The van der Waals surface area contributed by atoms with Crippen LogP contribution in [0.15, 0.2) is 36.4 Å². The molecule has 0 heterocycles. The molecule has 0 unspecified atom stereocenters. The number of nitrogens with two attached hydrogens (primary N) is 1. The second kappa shape index (κ2) is 6.49. The first kappa shape index (κ1) is 15.2. The van der Waals surface area contributed by atoms with Crippen LogP contribution in [0.5, 0.6) is 11.5 Å². The number of hydrogen-bond acceptors (Lipinski definition) is 3. The van der Waals surface area contributed by atoms with Crippen molar-refractivity contribution in [1.82, 2.24) is 4.90 Å². The predicted octanol–water partition coefficient (Wildman–Crippen LogP) is 4.33. The zero-order chi connectivity index (χ0) is 15.4. The van der Waals surface area contributed by atoms with E-state index in [1.54, 1.807) is 6.07 Å². The van der Waals surface area contributed by atoms with Crippen molar-refractivity contribution in [2.24, 2.45) is 0 Å². The SMILES string of the molecule is [C-]#[N+]c1cc(N)c(Oc2ccccc2CN(C)C)cc1Cl. The van der Waals surface area contributed by atoms with Crippen LogP contribution in [-0.2, 0) is 6.54 Å². The Morgan fingerprint density at radius 3 is 2.62 bits per heavy atom. The Morgan fingerprint density at radius 1 is 1.24 bits per heavy atom. The van der Waals surface area contributed by atoms with E-state index < -0.39 is 0 Å². The molecule has 2 rings (SSSR count). The van der Waals surface area contributed by atoms with E-state index in [1.165, 1.54) is 6.07 Å². The molecule has 0 saturated heterocycles. The van der Waals surface area contributed by atoms with Crippen LogP contribution in [0.25, 0.3) is 4.85 Å². The zero-order valence-electron chi connectivity index (χ0n) is 11.9. The van der Waals surface area contributed by atoms with Crippen molar-refractivity contribution in [3.8, 4) is 11.5 Å². The summed E-state index contributed by atoms with van der Waals surface area (Å²) >= 11 is 6.03. The van der Waals surface area contributed by atoms with E-state index in [0.717, 1.165) is 17.9 Å². The van der Waals surface area contributed by atoms with Gasteiger partial charge in [-0.25, -0.2) is 4.85 Å². The number of hydrogen-bond donors (Lipinski definition) is 1. The van der Waals surface area contributed by atoms with Crippen molar-refractivity contribution in [2.45, 2.75) is 6.54 Å². The van der Waals surface area contributed by atoms with Gasteiger partial charge in [0.15, 0.2) is 0 Å². The first-order chi connectivity index (χ1) is 10.0. The summed E-state index contributed by atoms with van der Waals surface area (Å²) in [6, 6.07) is 10.9. The third-order valence-corrected chi connectivity index (χ3v) is 3.18. The van der Waals surface area contributed by atoms with Gasteiger partial charge in [0.05, 0.1) is 17.3 Å². The maximum absolute atomic E-state index is 7.02. The van der Waals surface area contributed by atoms with E-state index in [1.807, 2.05) is 38.4 Å². The molecule has 0 fully saturated rings. The van der Waals surface area contributed by atoms with Crippen LogP contribution in [0.1, 0.15) is 5.56 Å². The Labute approximate surface area is 129 Å². The molecule has 0 bridgehead atoms. The molecule has 5 heteroatoms. The fourth-order valence-electron chi connectivity index (χ4n) is 1.93. The largest absolute Gasteiger partial charge is 0.455 e. The summed E-state index contributed by atoms with van der Waals surface area (Å²) in [6.07, 6.45) is 0. The van der Waals surface area contributed by atoms with Gasteiger partial charge in [-0.05, 0) is 32.3 Å². The minimum Gasteiger partial charge on any atom is -0.455 e. The highest BCUT2D eigenvalue weighted by Gasteiger charge is 2.11. The van der Waals surface area contributed by atoms with Crippen molar-refractivity contribution < 1.29 is 4.74 Å². The lowest BCUT2D eigenvalue weighted by Gasteiger charge is -2.16. The third kappa shape index (κ3) is 3.66. The first-order valence-electron chi connectivity index (χ1n) is 6.38. The molecule has 2 N–H and O–H groups in total. The molecule has 0 aliphatic carbocycles. The van der Waals surface area contributed by atoms with Crippen LogP contribution < -0.4 is 10.5 Å². The van der Waals surface area contributed by atoms with E-state index in [-0.39, 0.29) is 0 Å². The molecule has 0 aliphatic heterocycles. The Bertz CT molecular complexity index is 692. The minimum absolute atomic E-state index is 0.322. The lowest BCUT2D eigenvalue weighted by molar-refractivity contribution is 0.389. The maximum Gasteiger partial charge on any atom is 0.207 e. The lowest BCUT2D eigenvalue weighted by atomic mass is 10.2. The molecular formula is C16H16ClN3O. The lowest BCUT2D eigenvalue weighted by Crippen LogP contribution is -2.11. The van der Waals surface area contributed by atoms with Crippen molar-refractivity contribution in [3.63, 3.8) is 0 Å². The van der Waals surface area contributed by atoms with Crippen molar-refractivity contribution in [2.75, 3.05) is 19.8 Å². The monoisotopic (exact) mass is 301 g/mol. The summed E-state index contributed by atoms with van der Waals surface area (Å²) in [5.41, 5.74) is 7.69. The summed E-state index contributed by atoms with van der Waals surface area (Å²) in [5.74, 6) is 1.18. The van der Waals surface area contributed by atoms with Crippen molar-refractivity contribution in [1.29, 1.82) is 0 Å². The van der Waals surface area contributed by atoms with Gasteiger partial charge < -0.3 is 15.4 Å². The quantitative estimate of drug-likeness (QED) is 0.675. The molecule has 0 aliphatic rings. The molecule has 108 valence electrons. The second-order valence-corrected chi connectivity index (χ2v) is 5.31. The summed E-state index contributed by atoms with van der Waals surface area (Å²) in [4.78, 5) is 5.37. The molecule has 2 aromatic rings. The van der Waals surface area contributed by atoms with Gasteiger partial charge in [0.1, 0.15) is 11.5 Å². The highest BCUT2D eigenvalue weighted by Crippen LogP contribution is 2.37. The number of anilines is 1. The third-order valence-electron chi connectivity index (χ3n) is 2.88. The van der Waals surface area contributed by atoms with Crippen molar-refractivity contribution in [3.05, 3.63) is 58.4 Å². The number of nitrogens with zero attached hydrogens (tertiary/aromatic N) is 2. The number of rotatable bonds is 4. The molecule has 0 atom stereocenters. The van der Waals surface area contributed by atoms with E-state index in [4.69, 9.17) is 28.6 Å². The Morgan fingerprint density at radius 2 is 1.95 bits per heavy atom. The van der Waals surface area contributed by atoms with E-state index >= 15 is 0 Å². The molecule has 2 aromatic carbocycles. The molecule has 0 radical (unpaired) electrons. The average molecular weight is 302 g/mol. The Kier molecular flexibility index (Phi) is 4.69. The predicted molar refractivity (Wildman–Crippen MR) is 86.0 cm³/mol. The summed E-state index contributed by atoms with van der Waals surface area (Å²) in [7, 11) is 3.99. The first-order valence-corrected chi connectivity index (χ1v) is 6.76. The minimum atomic E-state index is 0.322. The van der Waals surface area contributed by atoms with E-state index in [0.29, 0.717) is 22.1 Å². The Balaban J connectivity index is 2.35. The van der Waals surface area contributed by atoms with Crippen LogP contribution in [0.4, 0.5) is 11.4 Å². The van der Waals surface area contributed by atoms with Crippen LogP contribution >= 0.6 is 11.6 Å². The normalized spacial score (nSPS) is 10.4. The summed E-state index contributed by atoms with van der Waals surface area (Å²) < 4.78 is 5.88. The molecular weight excluding hydrogens is 286 g/mol. The van der Waals surface area contributed by atoms with E-state index in [2.05, 4.69) is 9.74 Å². The van der Waals surface area contributed by atoms with E-state index in [9.17, 15) is 0 Å². The number of benzene rings is 2. The average Bonchev–Trinajstić information content (AvgIpc) is 2.44. The fourth-order valence-corrected chi connectivity index (χ4v) is 2.12. The standard InChI is InChI=1S/C16H16ClN3O/c1-19-14-9-13(18)16(8-12(14)17)21-15-7-5-4-6-11(15)10-20(2)3/h4-9H,10,18H2,2-3H3. The van der Waals surface area contributed by atoms with Gasteiger partial charge in [-0.1, -0.05) is 29.8 Å². The maximum atomic E-state index is 7.02. The summed E-state index contributed by atoms with van der Waals surface area (Å²) in [6.45, 7) is 7.78.